The Hall–Kier alpha value is -1.59. The Morgan fingerprint density at radius 3 is 2.67 bits per heavy atom. The number of carbonyl (C=O) groups is 1. The Morgan fingerprint density at radius 1 is 1.24 bits per heavy atom. The molecule has 0 saturated heterocycles. The van der Waals surface area contributed by atoms with Crippen LogP contribution in [0, 0.1) is 5.82 Å². The molecular weight excluding hydrogens is 361 g/mol. The minimum atomic E-state index is -0.347. The second kappa shape index (κ2) is 7.43. The molecule has 3 nitrogen and oxygen atoms in total. The molecule has 0 fully saturated rings. The van der Waals surface area contributed by atoms with E-state index in [0.717, 1.165) is 4.47 Å². The summed E-state index contributed by atoms with van der Waals surface area (Å²) in [6, 6.07) is 11.0. The molecule has 0 spiro atoms. The SMILES string of the molecule is O=C(COc1ccc(Cl)cc1)NCc1cc(F)ccc1Br. The number of hydrogen-bond acceptors (Lipinski definition) is 2. The molecule has 0 aliphatic carbocycles. The summed E-state index contributed by atoms with van der Waals surface area (Å²) >= 11 is 9.05. The molecule has 6 heteroatoms. The van der Waals surface area contributed by atoms with Crippen LogP contribution in [0.3, 0.4) is 0 Å². The van der Waals surface area contributed by atoms with Crippen LogP contribution in [0.25, 0.3) is 0 Å². The molecule has 0 atom stereocenters. The van der Waals surface area contributed by atoms with Gasteiger partial charge in [-0.3, -0.25) is 4.79 Å². The minimum absolute atomic E-state index is 0.117. The van der Waals surface area contributed by atoms with E-state index in [0.29, 0.717) is 16.3 Å². The number of halogens is 3. The summed E-state index contributed by atoms with van der Waals surface area (Å²) in [5.41, 5.74) is 0.662. The summed E-state index contributed by atoms with van der Waals surface area (Å²) in [4.78, 5) is 11.7. The molecule has 2 rings (SSSR count). The van der Waals surface area contributed by atoms with Crippen LogP contribution in [0.15, 0.2) is 46.9 Å². The molecular formula is C15H12BrClFNO2. The minimum Gasteiger partial charge on any atom is -0.484 e. The van der Waals surface area contributed by atoms with Gasteiger partial charge in [0.05, 0.1) is 0 Å². The Morgan fingerprint density at radius 2 is 1.95 bits per heavy atom. The van der Waals surface area contributed by atoms with Crippen molar-refractivity contribution in [3.05, 3.63) is 63.3 Å². The van der Waals surface area contributed by atoms with E-state index in [9.17, 15) is 9.18 Å². The van der Waals surface area contributed by atoms with Crippen molar-refractivity contribution in [3.8, 4) is 5.75 Å². The summed E-state index contributed by atoms with van der Waals surface area (Å²) in [7, 11) is 0. The third-order valence-electron chi connectivity index (χ3n) is 2.67. The smallest absolute Gasteiger partial charge is 0.258 e. The van der Waals surface area contributed by atoms with Crippen LogP contribution in [-0.4, -0.2) is 12.5 Å². The van der Waals surface area contributed by atoms with Gasteiger partial charge >= 0.3 is 0 Å². The maximum absolute atomic E-state index is 13.1. The lowest BCUT2D eigenvalue weighted by molar-refractivity contribution is -0.123. The Kier molecular flexibility index (Phi) is 5.59. The Balaban J connectivity index is 1.82. The van der Waals surface area contributed by atoms with Crippen LogP contribution >= 0.6 is 27.5 Å². The van der Waals surface area contributed by atoms with Gasteiger partial charge in [0.15, 0.2) is 6.61 Å². The van der Waals surface area contributed by atoms with E-state index >= 15 is 0 Å². The highest BCUT2D eigenvalue weighted by molar-refractivity contribution is 9.10. The molecule has 0 bridgehead atoms. The third-order valence-corrected chi connectivity index (χ3v) is 3.69. The zero-order valence-corrected chi connectivity index (χ0v) is 13.2. The average Bonchev–Trinajstić information content (AvgIpc) is 2.47. The van der Waals surface area contributed by atoms with E-state index in [1.54, 1.807) is 30.3 Å². The van der Waals surface area contributed by atoms with Crippen molar-refractivity contribution < 1.29 is 13.9 Å². The van der Waals surface area contributed by atoms with E-state index in [1.165, 1.54) is 12.1 Å². The standard InChI is InChI=1S/C15H12BrClFNO2/c16-14-6-3-12(18)7-10(14)8-19-15(20)9-21-13-4-1-11(17)2-5-13/h1-7H,8-9H2,(H,19,20). The van der Waals surface area contributed by atoms with Crippen LogP contribution in [0.5, 0.6) is 5.75 Å². The average molecular weight is 373 g/mol. The summed E-state index contributed by atoms with van der Waals surface area (Å²) < 4.78 is 19.2. The van der Waals surface area contributed by atoms with Crippen molar-refractivity contribution in [3.63, 3.8) is 0 Å². The quantitative estimate of drug-likeness (QED) is 0.863. The monoisotopic (exact) mass is 371 g/mol. The molecule has 110 valence electrons. The van der Waals surface area contributed by atoms with Gasteiger partial charge in [-0.15, -0.1) is 0 Å². The van der Waals surface area contributed by atoms with Gasteiger partial charge in [-0.25, -0.2) is 4.39 Å². The van der Waals surface area contributed by atoms with Gasteiger partial charge in [0, 0.05) is 16.0 Å². The van der Waals surface area contributed by atoms with Crippen molar-refractivity contribution in [2.24, 2.45) is 0 Å². The van der Waals surface area contributed by atoms with Gasteiger partial charge in [0.2, 0.25) is 0 Å². The first-order valence-electron chi connectivity index (χ1n) is 6.13. The zero-order valence-electron chi connectivity index (χ0n) is 10.9. The lowest BCUT2D eigenvalue weighted by Gasteiger charge is -2.09. The van der Waals surface area contributed by atoms with Gasteiger partial charge in [0.25, 0.3) is 5.91 Å². The van der Waals surface area contributed by atoms with E-state index < -0.39 is 0 Å². The van der Waals surface area contributed by atoms with Gasteiger partial charge in [-0.1, -0.05) is 27.5 Å². The zero-order chi connectivity index (χ0) is 15.2. The maximum atomic E-state index is 13.1. The largest absolute Gasteiger partial charge is 0.484 e. The second-order valence-electron chi connectivity index (χ2n) is 4.26. The number of carbonyl (C=O) groups excluding carboxylic acids is 1. The van der Waals surface area contributed by atoms with Crippen LogP contribution in [0.1, 0.15) is 5.56 Å². The van der Waals surface area contributed by atoms with Crippen molar-refractivity contribution in [1.82, 2.24) is 5.32 Å². The summed E-state index contributed by atoms with van der Waals surface area (Å²) in [5.74, 6) is -0.0811. The molecule has 0 unspecified atom stereocenters. The van der Waals surface area contributed by atoms with Gasteiger partial charge < -0.3 is 10.1 Å². The molecule has 2 aromatic rings. The molecule has 0 saturated carbocycles. The molecule has 0 aliphatic rings. The molecule has 0 radical (unpaired) electrons. The fourth-order valence-electron chi connectivity index (χ4n) is 1.60. The normalized spacial score (nSPS) is 10.2. The predicted octanol–water partition coefficient (Wildman–Crippen LogP) is 3.94. The number of ether oxygens (including phenoxy) is 1. The topological polar surface area (TPSA) is 38.3 Å². The van der Waals surface area contributed by atoms with Crippen LogP contribution in [0.4, 0.5) is 4.39 Å². The van der Waals surface area contributed by atoms with Crippen molar-refractivity contribution >= 4 is 33.4 Å². The number of hydrogen-bond donors (Lipinski definition) is 1. The first-order valence-corrected chi connectivity index (χ1v) is 7.30. The fraction of sp³-hybridized carbons (Fsp3) is 0.133. The second-order valence-corrected chi connectivity index (χ2v) is 5.55. The molecule has 0 heterocycles. The summed E-state index contributed by atoms with van der Waals surface area (Å²) in [6.45, 7) is 0.107. The van der Waals surface area contributed by atoms with E-state index in [4.69, 9.17) is 16.3 Å². The van der Waals surface area contributed by atoms with Crippen molar-refractivity contribution in [2.45, 2.75) is 6.54 Å². The fourth-order valence-corrected chi connectivity index (χ4v) is 2.12. The number of benzene rings is 2. The highest BCUT2D eigenvalue weighted by Gasteiger charge is 2.06. The molecule has 21 heavy (non-hydrogen) atoms. The first-order chi connectivity index (χ1) is 10.0. The van der Waals surface area contributed by atoms with E-state index in [-0.39, 0.29) is 24.9 Å². The van der Waals surface area contributed by atoms with Crippen LogP contribution in [0.2, 0.25) is 5.02 Å². The first kappa shape index (κ1) is 15.8. The molecule has 2 aromatic carbocycles. The number of rotatable bonds is 5. The van der Waals surface area contributed by atoms with Gasteiger partial charge in [-0.2, -0.15) is 0 Å². The summed E-state index contributed by atoms with van der Waals surface area (Å²) in [5, 5.41) is 3.26. The Labute approximate surface area is 135 Å². The molecule has 0 aliphatic heterocycles. The van der Waals surface area contributed by atoms with Crippen LogP contribution < -0.4 is 10.1 Å². The maximum Gasteiger partial charge on any atom is 0.258 e. The lowest BCUT2D eigenvalue weighted by Crippen LogP contribution is -2.28. The van der Waals surface area contributed by atoms with Crippen molar-refractivity contribution in [2.75, 3.05) is 6.61 Å². The molecule has 1 N–H and O–H groups in total. The van der Waals surface area contributed by atoms with Crippen molar-refractivity contribution in [1.29, 1.82) is 0 Å². The summed E-state index contributed by atoms with van der Waals surface area (Å²) in [6.07, 6.45) is 0. The van der Waals surface area contributed by atoms with E-state index in [1.807, 2.05) is 0 Å². The third kappa shape index (κ3) is 5.02. The highest BCUT2D eigenvalue weighted by Crippen LogP contribution is 2.18. The number of nitrogens with one attached hydrogen (secondary N) is 1. The predicted molar refractivity (Wildman–Crippen MR) is 82.9 cm³/mol. The van der Waals surface area contributed by atoms with Gasteiger partial charge in [0.1, 0.15) is 11.6 Å². The molecule has 1 amide bonds. The van der Waals surface area contributed by atoms with E-state index in [2.05, 4.69) is 21.2 Å². The lowest BCUT2D eigenvalue weighted by atomic mass is 10.2. The highest BCUT2D eigenvalue weighted by atomic mass is 79.9. The van der Waals surface area contributed by atoms with Crippen LogP contribution in [-0.2, 0) is 11.3 Å². The molecule has 0 aromatic heterocycles. The van der Waals surface area contributed by atoms with Gasteiger partial charge in [-0.05, 0) is 48.0 Å². The Bertz CT molecular complexity index is 634. The number of amides is 1.